The summed E-state index contributed by atoms with van der Waals surface area (Å²) in [5, 5.41) is 2.75. The molecule has 0 unspecified atom stereocenters. The standard InChI is InChI=1S/C16H18N4O2S2/c1-16(2,3)15-17-7-10(24-15)14(22)20(4)8-11-18-9-5-6-23-12(9)13(21)19-11/h5-7H,8H2,1-4H3,(H,18,19,21). The van der Waals surface area contributed by atoms with E-state index in [0.717, 1.165) is 5.01 Å². The number of aromatic nitrogens is 3. The molecule has 0 aromatic carbocycles. The van der Waals surface area contributed by atoms with Crippen LogP contribution >= 0.6 is 22.7 Å². The minimum atomic E-state index is -0.168. The molecular formula is C16H18N4O2S2. The van der Waals surface area contributed by atoms with E-state index in [9.17, 15) is 9.59 Å². The van der Waals surface area contributed by atoms with Crippen molar-refractivity contribution in [2.45, 2.75) is 32.7 Å². The highest BCUT2D eigenvalue weighted by atomic mass is 32.1. The van der Waals surface area contributed by atoms with Crippen LogP contribution in [0.3, 0.4) is 0 Å². The van der Waals surface area contributed by atoms with Crippen molar-refractivity contribution in [1.82, 2.24) is 19.9 Å². The number of fused-ring (bicyclic) bond motifs is 1. The summed E-state index contributed by atoms with van der Waals surface area (Å²) in [6, 6.07) is 1.80. The largest absolute Gasteiger partial charge is 0.333 e. The van der Waals surface area contributed by atoms with E-state index in [4.69, 9.17) is 0 Å². The van der Waals surface area contributed by atoms with Gasteiger partial charge < -0.3 is 9.88 Å². The van der Waals surface area contributed by atoms with Crippen molar-refractivity contribution in [3.05, 3.63) is 43.7 Å². The Hall–Kier alpha value is -2.06. The molecule has 8 heteroatoms. The Labute approximate surface area is 147 Å². The van der Waals surface area contributed by atoms with Gasteiger partial charge in [0.25, 0.3) is 11.5 Å². The molecule has 0 saturated heterocycles. The lowest BCUT2D eigenvalue weighted by Gasteiger charge is -2.16. The molecule has 3 aromatic heterocycles. The minimum Gasteiger partial charge on any atom is -0.333 e. The fraction of sp³-hybridized carbons (Fsp3) is 0.375. The molecule has 3 heterocycles. The van der Waals surface area contributed by atoms with E-state index in [1.54, 1.807) is 19.3 Å². The van der Waals surface area contributed by atoms with Crippen molar-refractivity contribution >= 4 is 38.8 Å². The molecule has 0 bridgehead atoms. The molecular weight excluding hydrogens is 344 g/mol. The maximum Gasteiger partial charge on any atom is 0.268 e. The summed E-state index contributed by atoms with van der Waals surface area (Å²) >= 11 is 2.76. The van der Waals surface area contributed by atoms with Crippen molar-refractivity contribution in [2.75, 3.05) is 7.05 Å². The van der Waals surface area contributed by atoms with Crippen LogP contribution in [0.2, 0.25) is 0 Å². The van der Waals surface area contributed by atoms with Gasteiger partial charge in [-0.05, 0) is 11.4 Å². The normalized spacial score (nSPS) is 11.8. The number of hydrogen-bond donors (Lipinski definition) is 1. The molecule has 0 fully saturated rings. The van der Waals surface area contributed by atoms with Crippen LogP contribution in [-0.4, -0.2) is 32.8 Å². The lowest BCUT2D eigenvalue weighted by molar-refractivity contribution is 0.0786. The van der Waals surface area contributed by atoms with Crippen LogP contribution in [0.25, 0.3) is 10.2 Å². The fourth-order valence-corrected chi connectivity index (χ4v) is 3.89. The molecule has 24 heavy (non-hydrogen) atoms. The first-order valence-corrected chi connectivity index (χ1v) is 9.13. The summed E-state index contributed by atoms with van der Waals surface area (Å²) < 4.78 is 0.602. The number of thiazole rings is 1. The zero-order valence-electron chi connectivity index (χ0n) is 13.9. The highest BCUT2D eigenvalue weighted by Gasteiger charge is 2.22. The number of nitrogens with zero attached hydrogens (tertiary/aromatic N) is 3. The third-order valence-electron chi connectivity index (χ3n) is 3.46. The zero-order chi connectivity index (χ0) is 17.5. The quantitative estimate of drug-likeness (QED) is 0.777. The third-order valence-corrected chi connectivity index (χ3v) is 5.77. The van der Waals surface area contributed by atoms with Gasteiger partial charge in [-0.2, -0.15) is 0 Å². The van der Waals surface area contributed by atoms with E-state index in [0.29, 0.717) is 20.9 Å². The first-order chi connectivity index (χ1) is 11.3. The smallest absolute Gasteiger partial charge is 0.268 e. The van der Waals surface area contributed by atoms with E-state index in [1.165, 1.54) is 27.6 Å². The predicted molar refractivity (Wildman–Crippen MR) is 96.9 cm³/mol. The van der Waals surface area contributed by atoms with Crippen molar-refractivity contribution in [3.63, 3.8) is 0 Å². The molecule has 0 atom stereocenters. The molecule has 3 aromatic rings. The van der Waals surface area contributed by atoms with E-state index >= 15 is 0 Å². The zero-order valence-corrected chi connectivity index (χ0v) is 15.5. The van der Waals surface area contributed by atoms with Crippen LogP contribution in [0.15, 0.2) is 22.4 Å². The minimum absolute atomic E-state index is 0.0848. The van der Waals surface area contributed by atoms with E-state index in [2.05, 4.69) is 35.7 Å². The number of aromatic amines is 1. The SMILES string of the molecule is CN(Cc1nc2ccsc2c(=O)[nH]1)C(=O)c1cnc(C(C)(C)C)s1. The van der Waals surface area contributed by atoms with Crippen molar-refractivity contribution in [1.29, 1.82) is 0 Å². The van der Waals surface area contributed by atoms with Gasteiger partial charge in [0.1, 0.15) is 15.4 Å². The van der Waals surface area contributed by atoms with Crippen LogP contribution in [0.1, 0.15) is 41.3 Å². The topological polar surface area (TPSA) is 79.0 Å². The Balaban J connectivity index is 1.80. The monoisotopic (exact) mass is 362 g/mol. The molecule has 0 aliphatic rings. The molecule has 0 spiro atoms. The van der Waals surface area contributed by atoms with Crippen molar-refractivity contribution in [2.24, 2.45) is 0 Å². The molecule has 0 aliphatic carbocycles. The van der Waals surface area contributed by atoms with Gasteiger partial charge in [-0.1, -0.05) is 20.8 Å². The lowest BCUT2D eigenvalue weighted by Crippen LogP contribution is -2.27. The van der Waals surface area contributed by atoms with Crippen LogP contribution in [0.5, 0.6) is 0 Å². The van der Waals surface area contributed by atoms with Crippen LogP contribution in [0, 0.1) is 0 Å². The Morgan fingerprint density at radius 3 is 2.79 bits per heavy atom. The summed E-state index contributed by atoms with van der Waals surface area (Å²) in [4.78, 5) is 38.2. The van der Waals surface area contributed by atoms with E-state index in [-0.39, 0.29) is 23.4 Å². The number of amides is 1. The van der Waals surface area contributed by atoms with Crippen LogP contribution in [-0.2, 0) is 12.0 Å². The third kappa shape index (κ3) is 3.25. The summed E-state index contributed by atoms with van der Waals surface area (Å²) in [6.07, 6.45) is 1.61. The van der Waals surface area contributed by atoms with Gasteiger partial charge >= 0.3 is 0 Å². The Bertz CT molecular complexity index is 949. The number of hydrogen-bond acceptors (Lipinski definition) is 6. The number of rotatable bonds is 3. The van der Waals surface area contributed by atoms with E-state index in [1.807, 2.05) is 5.38 Å². The van der Waals surface area contributed by atoms with Gasteiger partial charge in [0.05, 0.1) is 23.3 Å². The second kappa shape index (κ2) is 6.10. The molecule has 6 nitrogen and oxygen atoms in total. The number of H-pyrrole nitrogens is 1. The first kappa shape index (κ1) is 16.8. The molecule has 0 radical (unpaired) electrons. The fourth-order valence-electron chi connectivity index (χ4n) is 2.20. The number of thiophene rings is 1. The average Bonchev–Trinajstić information content (AvgIpc) is 3.14. The van der Waals surface area contributed by atoms with Crippen molar-refractivity contribution < 1.29 is 4.79 Å². The second-order valence-electron chi connectivity index (χ2n) is 6.59. The van der Waals surface area contributed by atoms with Gasteiger partial charge in [-0.25, -0.2) is 9.97 Å². The predicted octanol–water partition coefficient (Wildman–Crippen LogP) is 3.01. The average molecular weight is 362 g/mol. The molecule has 1 N–H and O–H groups in total. The van der Waals surface area contributed by atoms with Gasteiger partial charge in [-0.15, -0.1) is 22.7 Å². The van der Waals surface area contributed by atoms with E-state index < -0.39 is 0 Å². The summed E-state index contributed by atoms with van der Waals surface area (Å²) in [5.41, 5.74) is 0.407. The molecule has 126 valence electrons. The Kier molecular flexibility index (Phi) is 4.27. The maximum atomic E-state index is 12.6. The Morgan fingerprint density at radius 2 is 2.12 bits per heavy atom. The summed E-state index contributed by atoms with van der Waals surface area (Å²) in [6.45, 7) is 6.43. The van der Waals surface area contributed by atoms with Crippen LogP contribution in [0.4, 0.5) is 0 Å². The molecule has 3 rings (SSSR count). The summed E-state index contributed by atoms with van der Waals surface area (Å²) in [5.74, 6) is 0.346. The van der Waals surface area contributed by atoms with Gasteiger partial charge in [-0.3, -0.25) is 9.59 Å². The van der Waals surface area contributed by atoms with Gasteiger partial charge in [0.2, 0.25) is 0 Å². The number of carbonyl (C=O) groups is 1. The highest BCUT2D eigenvalue weighted by molar-refractivity contribution is 7.17. The summed E-state index contributed by atoms with van der Waals surface area (Å²) in [7, 11) is 1.69. The highest BCUT2D eigenvalue weighted by Crippen LogP contribution is 2.27. The molecule has 1 amide bonds. The number of carbonyl (C=O) groups excluding carboxylic acids is 1. The maximum absolute atomic E-state index is 12.6. The van der Waals surface area contributed by atoms with Crippen molar-refractivity contribution in [3.8, 4) is 0 Å². The van der Waals surface area contributed by atoms with Gasteiger partial charge in [0, 0.05) is 12.5 Å². The second-order valence-corrected chi connectivity index (χ2v) is 8.54. The van der Waals surface area contributed by atoms with Crippen LogP contribution < -0.4 is 5.56 Å². The molecule has 0 saturated carbocycles. The Morgan fingerprint density at radius 1 is 1.38 bits per heavy atom. The first-order valence-electron chi connectivity index (χ1n) is 7.44. The number of nitrogens with one attached hydrogen (secondary N) is 1. The lowest BCUT2D eigenvalue weighted by atomic mass is 9.98. The van der Waals surface area contributed by atoms with Gasteiger partial charge in [0.15, 0.2) is 0 Å². The molecule has 0 aliphatic heterocycles.